The second kappa shape index (κ2) is 4.57. The van der Waals surface area contributed by atoms with Crippen LogP contribution in [0.2, 0.25) is 0 Å². The molecule has 1 aromatic carbocycles. The molecular formula is C13H16FN3. The van der Waals surface area contributed by atoms with Gasteiger partial charge in [-0.1, -0.05) is 6.07 Å². The average molecular weight is 233 g/mol. The number of nitrogen functional groups attached to an aromatic ring is 1. The lowest BCUT2D eigenvalue weighted by molar-refractivity contribution is 0.624. The molecule has 0 saturated heterocycles. The van der Waals surface area contributed by atoms with E-state index in [1.807, 2.05) is 30.7 Å². The van der Waals surface area contributed by atoms with Crippen LogP contribution in [0.1, 0.15) is 16.8 Å². The van der Waals surface area contributed by atoms with Gasteiger partial charge >= 0.3 is 0 Å². The third-order valence-electron chi connectivity index (χ3n) is 2.85. The minimum atomic E-state index is -0.191. The van der Waals surface area contributed by atoms with E-state index < -0.39 is 0 Å². The van der Waals surface area contributed by atoms with Crippen molar-refractivity contribution in [3.63, 3.8) is 0 Å². The number of anilines is 1. The Morgan fingerprint density at radius 2 is 2.12 bits per heavy atom. The van der Waals surface area contributed by atoms with Gasteiger partial charge in [-0.15, -0.1) is 0 Å². The SMILES string of the molecule is Cc1cn(CCc2ccc(F)cc2C)c(N)n1. The Morgan fingerprint density at radius 3 is 2.71 bits per heavy atom. The molecule has 3 nitrogen and oxygen atoms in total. The summed E-state index contributed by atoms with van der Waals surface area (Å²) in [6.45, 7) is 4.59. The molecule has 2 N–H and O–H groups in total. The molecule has 90 valence electrons. The van der Waals surface area contributed by atoms with Crippen LogP contribution in [0.5, 0.6) is 0 Å². The third-order valence-corrected chi connectivity index (χ3v) is 2.85. The van der Waals surface area contributed by atoms with Crippen LogP contribution >= 0.6 is 0 Å². The quantitative estimate of drug-likeness (QED) is 0.885. The second-order valence-corrected chi connectivity index (χ2v) is 4.25. The number of imidazole rings is 1. The molecule has 0 fully saturated rings. The van der Waals surface area contributed by atoms with Crippen molar-refractivity contribution < 1.29 is 4.39 Å². The summed E-state index contributed by atoms with van der Waals surface area (Å²) in [6, 6.07) is 4.87. The van der Waals surface area contributed by atoms with Crippen LogP contribution in [-0.4, -0.2) is 9.55 Å². The number of benzene rings is 1. The zero-order valence-electron chi connectivity index (χ0n) is 10.1. The Balaban J connectivity index is 2.10. The first-order valence-corrected chi connectivity index (χ1v) is 5.60. The molecule has 0 aliphatic heterocycles. The first-order chi connectivity index (χ1) is 8.06. The maximum Gasteiger partial charge on any atom is 0.200 e. The van der Waals surface area contributed by atoms with E-state index in [1.54, 1.807) is 6.07 Å². The molecule has 0 saturated carbocycles. The van der Waals surface area contributed by atoms with Crippen LogP contribution in [-0.2, 0) is 13.0 Å². The molecule has 0 aliphatic rings. The van der Waals surface area contributed by atoms with Crippen LogP contribution in [0.25, 0.3) is 0 Å². The van der Waals surface area contributed by atoms with Crippen LogP contribution in [0.3, 0.4) is 0 Å². The van der Waals surface area contributed by atoms with E-state index in [-0.39, 0.29) is 5.82 Å². The lowest BCUT2D eigenvalue weighted by Crippen LogP contribution is -2.05. The summed E-state index contributed by atoms with van der Waals surface area (Å²) in [7, 11) is 0. The predicted octanol–water partition coefficient (Wildman–Crippen LogP) is 2.46. The maximum atomic E-state index is 12.9. The fraction of sp³-hybridized carbons (Fsp3) is 0.308. The molecule has 0 atom stereocenters. The summed E-state index contributed by atoms with van der Waals surface area (Å²) in [5, 5.41) is 0. The van der Waals surface area contributed by atoms with Crippen molar-refractivity contribution in [1.82, 2.24) is 9.55 Å². The van der Waals surface area contributed by atoms with E-state index in [0.717, 1.165) is 29.8 Å². The minimum Gasteiger partial charge on any atom is -0.369 e. The number of aromatic nitrogens is 2. The van der Waals surface area contributed by atoms with Gasteiger partial charge in [0.1, 0.15) is 5.82 Å². The molecule has 0 bridgehead atoms. The molecule has 1 heterocycles. The van der Waals surface area contributed by atoms with Crippen LogP contribution < -0.4 is 5.73 Å². The van der Waals surface area contributed by atoms with Gasteiger partial charge in [0.15, 0.2) is 5.95 Å². The number of halogens is 1. The Labute approximate surface area is 100 Å². The van der Waals surface area contributed by atoms with Crippen molar-refractivity contribution in [1.29, 1.82) is 0 Å². The minimum absolute atomic E-state index is 0.191. The number of hydrogen-bond donors (Lipinski definition) is 1. The fourth-order valence-corrected chi connectivity index (χ4v) is 1.93. The van der Waals surface area contributed by atoms with E-state index in [4.69, 9.17) is 5.73 Å². The molecule has 4 heteroatoms. The smallest absolute Gasteiger partial charge is 0.200 e. The number of hydrogen-bond acceptors (Lipinski definition) is 2. The average Bonchev–Trinajstić information content (AvgIpc) is 2.56. The van der Waals surface area contributed by atoms with Crippen molar-refractivity contribution in [3.05, 3.63) is 47.0 Å². The molecular weight excluding hydrogens is 217 g/mol. The summed E-state index contributed by atoms with van der Waals surface area (Å²) in [5.41, 5.74) is 8.78. The van der Waals surface area contributed by atoms with Crippen molar-refractivity contribution in [2.75, 3.05) is 5.73 Å². The molecule has 1 aromatic heterocycles. The van der Waals surface area contributed by atoms with Gasteiger partial charge in [0, 0.05) is 12.7 Å². The molecule has 2 rings (SSSR count). The highest BCUT2D eigenvalue weighted by molar-refractivity contribution is 5.27. The van der Waals surface area contributed by atoms with Gasteiger partial charge in [0.05, 0.1) is 5.69 Å². The summed E-state index contributed by atoms with van der Waals surface area (Å²) >= 11 is 0. The second-order valence-electron chi connectivity index (χ2n) is 4.25. The Hall–Kier alpha value is -1.84. The first kappa shape index (κ1) is 11.6. The lowest BCUT2D eigenvalue weighted by atomic mass is 10.1. The number of nitrogens with two attached hydrogens (primary N) is 1. The van der Waals surface area contributed by atoms with E-state index >= 15 is 0 Å². The summed E-state index contributed by atoms with van der Waals surface area (Å²) < 4.78 is 14.9. The van der Waals surface area contributed by atoms with E-state index in [1.165, 1.54) is 6.07 Å². The highest BCUT2D eigenvalue weighted by atomic mass is 19.1. The van der Waals surface area contributed by atoms with Crippen LogP contribution in [0.4, 0.5) is 10.3 Å². The summed E-state index contributed by atoms with van der Waals surface area (Å²) in [4.78, 5) is 4.14. The predicted molar refractivity (Wildman–Crippen MR) is 66.2 cm³/mol. The van der Waals surface area contributed by atoms with Gasteiger partial charge in [-0.3, -0.25) is 0 Å². The van der Waals surface area contributed by atoms with Crippen molar-refractivity contribution >= 4 is 5.95 Å². The lowest BCUT2D eigenvalue weighted by Gasteiger charge is -2.07. The summed E-state index contributed by atoms with van der Waals surface area (Å²) in [5.74, 6) is 0.339. The molecule has 0 unspecified atom stereocenters. The van der Waals surface area contributed by atoms with Crippen molar-refractivity contribution in [2.45, 2.75) is 26.8 Å². The maximum absolute atomic E-state index is 12.9. The Morgan fingerprint density at radius 1 is 1.35 bits per heavy atom. The normalized spacial score (nSPS) is 10.8. The zero-order chi connectivity index (χ0) is 12.4. The molecule has 0 aliphatic carbocycles. The van der Waals surface area contributed by atoms with E-state index in [9.17, 15) is 4.39 Å². The topological polar surface area (TPSA) is 43.8 Å². The summed E-state index contributed by atoms with van der Waals surface area (Å²) in [6.07, 6.45) is 2.75. The highest BCUT2D eigenvalue weighted by Gasteiger charge is 2.04. The van der Waals surface area contributed by atoms with Crippen LogP contribution in [0.15, 0.2) is 24.4 Å². The van der Waals surface area contributed by atoms with Gasteiger partial charge in [-0.05, 0) is 43.5 Å². The number of rotatable bonds is 3. The standard InChI is InChI=1S/C13H16FN3/c1-9-7-12(14)4-3-11(9)5-6-17-8-10(2)16-13(17)15/h3-4,7-8H,5-6H2,1-2H3,(H2,15,16). The van der Waals surface area contributed by atoms with E-state index in [0.29, 0.717) is 5.95 Å². The number of aryl methyl sites for hydroxylation is 4. The van der Waals surface area contributed by atoms with Crippen LogP contribution in [0, 0.1) is 19.7 Å². The molecule has 0 radical (unpaired) electrons. The third kappa shape index (κ3) is 2.64. The molecule has 17 heavy (non-hydrogen) atoms. The van der Waals surface area contributed by atoms with Gasteiger partial charge < -0.3 is 10.3 Å². The fourth-order valence-electron chi connectivity index (χ4n) is 1.93. The molecule has 0 amide bonds. The van der Waals surface area contributed by atoms with E-state index in [2.05, 4.69) is 4.98 Å². The molecule has 0 spiro atoms. The first-order valence-electron chi connectivity index (χ1n) is 5.60. The Kier molecular flexibility index (Phi) is 3.13. The number of nitrogens with zero attached hydrogens (tertiary/aromatic N) is 2. The zero-order valence-corrected chi connectivity index (χ0v) is 10.1. The highest BCUT2D eigenvalue weighted by Crippen LogP contribution is 2.13. The Bertz CT molecular complexity index is 531. The van der Waals surface area contributed by atoms with Gasteiger partial charge in [0.25, 0.3) is 0 Å². The van der Waals surface area contributed by atoms with Crippen molar-refractivity contribution in [2.24, 2.45) is 0 Å². The largest absolute Gasteiger partial charge is 0.369 e. The van der Waals surface area contributed by atoms with Gasteiger partial charge in [-0.25, -0.2) is 9.37 Å². The monoisotopic (exact) mass is 233 g/mol. The van der Waals surface area contributed by atoms with Crippen molar-refractivity contribution in [3.8, 4) is 0 Å². The van der Waals surface area contributed by atoms with Gasteiger partial charge in [-0.2, -0.15) is 0 Å². The molecule has 2 aromatic rings. The van der Waals surface area contributed by atoms with Gasteiger partial charge in [0.2, 0.25) is 0 Å².